The summed E-state index contributed by atoms with van der Waals surface area (Å²) in [5, 5.41) is 0. The molecule has 0 N–H and O–H groups in total. The summed E-state index contributed by atoms with van der Waals surface area (Å²) in [7, 11) is 0. The Bertz CT molecular complexity index is 325. The number of rotatable bonds is 1. The second-order valence-corrected chi connectivity index (χ2v) is 12.1. The average molecular weight is 379 g/mol. The Labute approximate surface area is 139 Å². The minimum absolute atomic E-state index is 0. The molecule has 0 fully saturated rings. The fraction of sp³-hybridized carbons (Fsp3) is 0.286. The van der Waals surface area contributed by atoms with Gasteiger partial charge in [0.1, 0.15) is 0 Å². The van der Waals surface area contributed by atoms with Crippen LogP contribution in [0.1, 0.15) is 12.5 Å². The van der Waals surface area contributed by atoms with Crippen LogP contribution < -0.4 is 24.8 Å². The first-order valence-corrected chi connectivity index (χ1v) is 11.4. The van der Waals surface area contributed by atoms with Crippen molar-refractivity contribution in [2.75, 3.05) is 0 Å². The van der Waals surface area contributed by atoms with Crippen molar-refractivity contribution in [1.82, 2.24) is 0 Å². The molecule has 0 nitrogen and oxygen atoms in total. The Hall–Kier alpha value is 0.380. The predicted octanol–water partition coefficient (Wildman–Crippen LogP) is -1.70. The maximum atomic E-state index is 2.36. The van der Waals surface area contributed by atoms with Gasteiger partial charge in [0.25, 0.3) is 0 Å². The van der Waals surface area contributed by atoms with Crippen LogP contribution in [0.15, 0.2) is 54.6 Å². The zero-order chi connectivity index (χ0) is 12.2. The van der Waals surface area contributed by atoms with E-state index in [1.165, 1.54) is 11.6 Å². The fourth-order valence-electron chi connectivity index (χ4n) is 0.791. The second-order valence-electron chi connectivity index (χ2n) is 3.56. The second kappa shape index (κ2) is 17.4. The molecule has 0 aliphatic heterocycles. The molecule has 0 aliphatic carbocycles. The first-order valence-electron chi connectivity index (χ1n) is 5.55. The van der Waals surface area contributed by atoms with E-state index in [9.17, 15) is 0 Å². The molecule has 4 heteroatoms. The van der Waals surface area contributed by atoms with E-state index in [1.54, 1.807) is 23.3 Å². The summed E-state index contributed by atoms with van der Waals surface area (Å²) in [6, 6.07) is 19.7. The molecule has 0 saturated carbocycles. The molecule has 0 aromatic heterocycles. The van der Waals surface area contributed by atoms with Gasteiger partial charge in [0, 0.05) is 0 Å². The van der Waals surface area contributed by atoms with Crippen LogP contribution in [0, 0.1) is 6.92 Å². The zero-order valence-electron chi connectivity index (χ0n) is 11.2. The average Bonchev–Trinajstić information content (AvgIpc) is 2.92. The summed E-state index contributed by atoms with van der Waals surface area (Å²) in [6.45, 7) is 6.71. The van der Waals surface area contributed by atoms with Gasteiger partial charge < -0.3 is 24.8 Å². The Balaban J connectivity index is -0.000000179. The van der Waals surface area contributed by atoms with Crippen LogP contribution in [-0.2, 0) is 23.3 Å². The molecule has 100 valence electrons. The van der Waals surface area contributed by atoms with E-state index in [0.29, 0.717) is 0 Å². The van der Waals surface area contributed by atoms with Crippen molar-refractivity contribution in [1.29, 1.82) is 0 Å². The molecule has 0 spiro atoms. The first kappa shape index (κ1) is 23.5. The van der Waals surface area contributed by atoms with E-state index in [0.717, 1.165) is 0 Å². The van der Waals surface area contributed by atoms with E-state index in [4.69, 9.17) is 0 Å². The molecule has 0 saturated heterocycles. The molecule has 0 aliphatic rings. The van der Waals surface area contributed by atoms with Crippen LogP contribution in [0.2, 0.25) is 12.6 Å². The fourth-order valence-corrected chi connectivity index (χ4v) is 0.791. The van der Waals surface area contributed by atoms with E-state index in [-0.39, 0.29) is 30.2 Å². The number of halogens is 2. The van der Waals surface area contributed by atoms with Crippen LogP contribution in [0.3, 0.4) is 0 Å². The largest absolute Gasteiger partial charge is 1.00 e. The van der Waals surface area contributed by atoms with Gasteiger partial charge in [-0.3, -0.25) is 0 Å². The predicted molar refractivity (Wildman–Crippen MR) is 70.9 cm³/mol. The van der Waals surface area contributed by atoms with E-state index >= 15 is 0 Å². The van der Waals surface area contributed by atoms with Gasteiger partial charge in [0.05, 0.1) is 0 Å². The van der Waals surface area contributed by atoms with Gasteiger partial charge in [-0.15, -0.1) is 0 Å². The third kappa shape index (κ3) is 18.7. The molecule has 0 bridgehead atoms. The van der Waals surface area contributed by atoms with E-state index < -0.39 is 0 Å². The summed E-state index contributed by atoms with van der Waals surface area (Å²) < 4.78 is 0. The van der Waals surface area contributed by atoms with Gasteiger partial charge in [-0.1, -0.05) is 6.92 Å². The molecule has 2 aromatic rings. The molecular formula is C14H20Cl2SiZr-2. The molecule has 0 amide bonds. The zero-order valence-corrected chi connectivity index (χ0v) is 16.1. The molecule has 0 unspecified atom stereocenters. The number of hydrogen-bond donors (Lipinski definition) is 0. The quantitative estimate of drug-likeness (QED) is 0.410. The Morgan fingerprint density at radius 3 is 1.56 bits per heavy atom. The van der Waals surface area contributed by atoms with Crippen molar-refractivity contribution in [3.8, 4) is 0 Å². The summed E-state index contributed by atoms with van der Waals surface area (Å²) in [5.74, 6) is 0. The third-order valence-electron chi connectivity index (χ3n) is 1.92. The standard InChI is InChI=1S/C6H7.C5H5.C3H8Si.2ClH.Zr/c1-6-4-2-3-5-6;1-2-4-5-3-1;1-3-4-2;;;/h2-5H,1H3;1-5H;3H2,1-2H3;2*1H;/q2*-1;;;;+2/p-2. The van der Waals surface area contributed by atoms with Crippen LogP contribution in [0.4, 0.5) is 0 Å². The molecule has 0 radical (unpaired) electrons. The molecule has 2 rings (SSSR count). The van der Waals surface area contributed by atoms with Crippen LogP contribution in [-0.4, -0.2) is 5.43 Å². The topological polar surface area (TPSA) is 0 Å². The monoisotopic (exact) mass is 376 g/mol. The smallest absolute Gasteiger partial charge is 0.0860 e. The normalized spacial score (nSPS) is 7.39. The Kier molecular flexibility index (Phi) is 22.7. The van der Waals surface area contributed by atoms with Gasteiger partial charge in [-0.25, -0.2) is 24.3 Å². The van der Waals surface area contributed by atoms with Crippen LogP contribution in [0.25, 0.3) is 0 Å². The minimum Gasteiger partial charge on any atom is -1.00 e. The van der Waals surface area contributed by atoms with Gasteiger partial charge in [0.2, 0.25) is 0 Å². The van der Waals surface area contributed by atoms with Crippen molar-refractivity contribution in [2.45, 2.75) is 26.4 Å². The Morgan fingerprint density at radius 1 is 1.06 bits per heavy atom. The maximum Gasteiger partial charge on any atom is -0.0860 e. The third-order valence-corrected chi connectivity index (χ3v) is 5.58. The van der Waals surface area contributed by atoms with Gasteiger partial charge in [-0.2, -0.15) is 35.9 Å². The first-order chi connectivity index (χ1) is 7.66. The summed E-state index contributed by atoms with van der Waals surface area (Å²) in [6.07, 6.45) is 0. The van der Waals surface area contributed by atoms with E-state index in [1.807, 2.05) is 42.5 Å². The van der Waals surface area contributed by atoms with Crippen LogP contribution in [0.5, 0.6) is 0 Å². The number of aryl methyl sites for hydroxylation is 1. The van der Waals surface area contributed by atoms with Crippen molar-refractivity contribution in [3.05, 3.63) is 60.2 Å². The molecule has 0 atom stereocenters. The SMILES string of the molecule is CC[Si](C)=[Zr+2].C[c-]1cccc1.[Cl-].[Cl-].c1cc[cH-]c1. The van der Waals surface area contributed by atoms with Gasteiger partial charge in [0.15, 0.2) is 0 Å². The van der Waals surface area contributed by atoms with Crippen LogP contribution >= 0.6 is 0 Å². The number of hydrogen-bond acceptors (Lipinski definition) is 0. The van der Waals surface area contributed by atoms with E-state index in [2.05, 4.69) is 32.5 Å². The minimum atomic E-state index is 0. The molecule has 18 heavy (non-hydrogen) atoms. The maximum absolute atomic E-state index is 2.36. The van der Waals surface area contributed by atoms with Gasteiger partial charge in [-0.05, 0) is 0 Å². The summed E-state index contributed by atoms with van der Waals surface area (Å²) >= 11 is 1.77. The summed E-state index contributed by atoms with van der Waals surface area (Å²) in [5.41, 5.74) is 1.56. The summed E-state index contributed by atoms with van der Waals surface area (Å²) in [4.78, 5) is 0. The molecule has 2 aromatic carbocycles. The van der Waals surface area contributed by atoms with Crippen molar-refractivity contribution < 1.29 is 48.1 Å². The van der Waals surface area contributed by atoms with Crippen molar-refractivity contribution >= 4 is 5.43 Å². The molecular weight excluding hydrogens is 358 g/mol. The van der Waals surface area contributed by atoms with Crippen molar-refractivity contribution in [3.63, 3.8) is 0 Å². The molecule has 0 heterocycles. The van der Waals surface area contributed by atoms with Crippen molar-refractivity contribution in [2.24, 2.45) is 0 Å². The Morgan fingerprint density at radius 2 is 1.44 bits per heavy atom. The van der Waals surface area contributed by atoms with Gasteiger partial charge >= 0.3 is 48.3 Å².